The second-order valence-electron chi connectivity index (χ2n) is 8.61. The SMILES string of the molecule is O=C(OC[C@H]1O[C@@](OC(=O)c2ccccc2)(S(=O)(=O)C(F)(F)F)[C@H](O)[C@@H]1OC(=O)c1ccccc1)c1ccccc1. The van der Waals surface area contributed by atoms with Crippen molar-refractivity contribution in [3.63, 3.8) is 0 Å². The number of benzene rings is 3. The standard InChI is InChI=1S/C27H21F3O10S/c28-27(29,30)41(35,36)26(40-25(34)19-14-8-3-9-15-19)22(31)21(38-24(33)18-12-6-2-7-13-18)20(39-26)16-37-23(32)17-10-4-1-5-11-17/h1-15,20-22,31H,16H2/t20-,21-,22-,26+/m1/s1. The van der Waals surface area contributed by atoms with Gasteiger partial charge in [-0.05, 0) is 36.4 Å². The fourth-order valence-electron chi connectivity index (χ4n) is 3.89. The van der Waals surface area contributed by atoms with Crippen molar-refractivity contribution in [3.8, 4) is 0 Å². The quantitative estimate of drug-likeness (QED) is 0.305. The molecule has 0 aliphatic carbocycles. The molecule has 1 fully saturated rings. The lowest BCUT2D eigenvalue weighted by atomic mass is 10.1. The summed E-state index contributed by atoms with van der Waals surface area (Å²) >= 11 is 0. The van der Waals surface area contributed by atoms with Gasteiger partial charge < -0.3 is 24.1 Å². The van der Waals surface area contributed by atoms with E-state index in [0.717, 1.165) is 12.1 Å². The first-order valence-corrected chi connectivity index (χ1v) is 13.3. The number of halogens is 3. The molecular weight excluding hydrogens is 573 g/mol. The van der Waals surface area contributed by atoms with Gasteiger partial charge in [0, 0.05) is 0 Å². The zero-order valence-electron chi connectivity index (χ0n) is 20.8. The Kier molecular flexibility index (Phi) is 8.47. The molecule has 10 nitrogen and oxygen atoms in total. The highest BCUT2D eigenvalue weighted by atomic mass is 32.2. The van der Waals surface area contributed by atoms with Crippen molar-refractivity contribution >= 4 is 27.7 Å². The Labute approximate surface area is 231 Å². The summed E-state index contributed by atoms with van der Waals surface area (Å²) in [4.78, 5) is 38.1. The van der Waals surface area contributed by atoms with Crippen LogP contribution in [0.1, 0.15) is 31.1 Å². The van der Waals surface area contributed by atoms with Gasteiger partial charge in [-0.25, -0.2) is 22.8 Å². The van der Waals surface area contributed by atoms with E-state index in [9.17, 15) is 41.1 Å². The van der Waals surface area contributed by atoms with E-state index in [1.54, 1.807) is 12.1 Å². The number of aliphatic hydroxyl groups is 1. The largest absolute Gasteiger partial charge is 0.504 e. The van der Waals surface area contributed by atoms with Crippen molar-refractivity contribution < 1.29 is 60.0 Å². The Morgan fingerprint density at radius 1 is 0.780 bits per heavy atom. The van der Waals surface area contributed by atoms with Crippen LogP contribution in [0.2, 0.25) is 0 Å². The van der Waals surface area contributed by atoms with Gasteiger partial charge in [0.05, 0.1) is 16.7 Å². The summed E-state index contributed by atoms with van der Waals surface area (Å²) in [7, 11) is -6.69. The third-order valence-electron chi connectivity index (χ3n) is 5.92. The molecule has 1 N–H and O–H groups in total. The highest BCUT2D eigenvalue weighted by Gasteiger charge is 2.74. The minimum absolute atomic E-state index is 0.0218. The predicted octanol–water partition coefficient (Wildman–Crippen LogP) is 3.27. The number of ether oxygens (including phenoxy) is 4. The molecule has 0 bridgehead atoms. The smallest absolute Gasteiger partial charge is 0.459 e. The van der Waals surface area contributed by atoms with Crippen molar-refractivity contribution in [1.82, 2.24) is 0 Å². The number of carbonyl (C=O) groups excluding carboxylic acids is 3. The van der Waals surface area contributed by atoms with Crippen molar-refractivity contribution in [1.29, 1.82) is 0 Å². The number of sulfone groups is 1. The van der Waals surface area contributed by atoms with Crippen molar-refractivity contribution in [2.75, 3.05) is 6.61 Å². The van der Waals surface area contributed by atoms with Crippen LogP contribution in [0.3, 0.4) is 0 Å². The number of alkyl halides is 3. The summed E-state index contributed by atoms with van der Waals surface area (Å²) in [6.45, 7) is -1.00. The lowest BCUT2D eigenvalue weighted by molar-refractivity contribution is -0.181. The maximum atomic E-state index is 13.9. The normalized spacial score (nSPS) is 22.5. The molecule has 0 radical (unpaired) electrons. The van der Waals surface area contributed by atoms with E-state index >= 15 is 0 Å². The lowest BCUT2D eigenvalue weighted by Crippen LogP contribution is -2.57. The third-order valence-corrected chi connectivity index (χ3v) is 7.70. The van der Waals surface area contributed by atoms with E-state index in [2.05, 4.69) is 0 Å². The van der Waals surface area contributed by atoms with Crippen LogP contribution >= 0.6 is 0 Å². The molecule has 1 heterocycles. The fourth-order valence-corrected chi connectivity index (χ4v) is 5.10. The number of hydrogen-bond acceptors (Lipinski definition) is 10. The summed E-state index contributed by atoms with van der Waals surface area (Å²) in [6, 6.07) is 20.7. The monoisotopic (exact) mass is 594 g/mol. The molecule has 1 aliphatic heterocycles. The number of hydrogen-bond donors (Lipinski definition) is 1. The first-order chi connectivity index (χ1) is 19.4. The van der Waals surface area contributed by atoms with Crippen LogP contribution < -0.4 is 0 Å². The van der Waals surface area contributed by atoms with Gasteiger partial charge >= 0.3 is 38.4 Å². The molecule has 4 rings (SSSR count). The number of rotatable bonds is 8. The molecule has 4 atom stereocenters. The second-order valence-corrected chi connectivity index (χ2v) is 10.6. The maximum absolute atomic E-state index is 13.9. The van der Waals surface area contributed by atoms with Gasteiger partial charge in [-0.3, -0.25) is 0 Å². The summed E-state index contributed by atoms with van der Waals surface area (Å²) < 4.78 is 87.5. The molecular formula is C27H21F3O10S. The Balaban J connectivity index is 1.74. The van der Waals surface area contributed by atoms with E-state index in [-0.39, 0.29) is 16.7 Å². The summed E-state index contributed by atoms with van der Waals surface area (Å²) in [5, 5.41) is 6.91. The van der Waals surface area contributed by atoms with Crippen LogP contribution in [0.25, 0.3) is 0 Å². The van der Waals surface area contributed by atoms with Crippen LogP contribution in [0.4, 0.5) is 13.2 Å². The van der Waals surface area contributed by atoms with Crippen LogP contribution in [-0.4, -0.2) is 67.0 Å². The molecule has 0 spiro atoms. The lowest BCUT2D eigenvalue weighted by Gasteiger charge is -2.31. The second kappa shape index (κ2) is 11.7. The van der Waals surface area contributed by atoms with Gasteiger partial charge in [0.1, 0.15) is 12.7 Å². The van der Waals surface area contributed by atoms with Crippen molar-refractivity contribution in [2.24, 2.45) is 0 Å². The zero-order valence-corrected chi connectivity index (χ0v) is 21.6. The average molecular weight is 595 g/mol. The van der Waals surface area contributed by atoms with Gasteiger partial charge in [-0.15, -0.1) is 0 Å². The average Bonchev–Trinajstić information content (AvgIpc) is 3.23. The number of carbonyl (C=O) groups is 3. The van der Waals surface area contributed by atoms with Crippen LogP contribution in [0.5, 0.6) is 0 Å². The fraction of sp³-hybridized carbons (Fsp3) is 0.222. The van der Waals surface area contributed by atoms with E-state index in [1.165, 1.54) is 66.7 Å². The van der Waals surface area contributed by atoms with Crippen LogP contribution in [0, 0.1) is 0 Å². The summed E-state index contributed by atoms with van der Waals surface area (Å²) in [6.07, 6.45) is -7.19. The minimum Gasteiger partial charge on any atom is -0.459 e. The van der Waals surface area contributed by atoms with Gasteiger partial charge in [0.25, 0.3) is 0 Å². The van der Waals surface area contributed by atoms with E-state index in [4.69, 9.17) is 18.9 Å². The van der Waals surface area contributed by atoms with Crippen LogP contribution in [-0.2, 0) is 28.8 Å². The Morgan fingerprint density at radius 3 is 1.68 bits per heavy atom. The number of aliphatic hydroxyl groups excluding tert-OH is 1. The molecule has 0 saturated carbocycles. The Morgan fingerprint density at radius 2 is 1.22 bits per heavy atom. The molecule has 41 heavy (non-hydrogen) atoms. The zero-order chi connectivity index (χ0) is 29.8. The molecule has 216 valence electrons. The Bertz CT molecular complexity index is 1500. The van der Waals surface area contributed by atoms with E-state index in [0.29, 0.717) is 0 Å². The molecule has 14 heteroatoms. The highest BCUT2D eigenvalue weighted by Crippen LogP contribution is 2.45. The highest BCUT2D eigenvalue weighted by molar-refractivity contribution is 7.93. The third kappa shape index (κ3) is 5.94. The van der Waals surface area contributed by atoms with Gasteiger partial charge in [0.15, 0.2) is 12.2 Å². The van der Waals surface area contributed by atoms with E-state index < -0.39 is 63.3 Å². The summed E-state index contributed by atoms with van der Waals surface area (Å²) in [5.74, 6) is -3.78. The molecule has 0 unspecified atom stereocenters. The van der Waals surface area contributed by atoms with Crippen molar-refractivity contribution in [3.05, 3.63) is 108 Å². The predicted molar refractivity (Wildman–Crippen MR) is 133 cm³/mol. The van der Waals surface area contributed by atoms with E-state index in [1.807, 2.05) is 0 Å². The molecule has 3 aromatic rings. The van der Waals surface area contributed by atoms with Crippen molar-refractivity contribution in [2.45, 2.75) is 28.9 Å². The molecule has 3 aromatic carbocycles. The molecule has 1 aliphatic rings. The minimum atomic E-state index is -6.69. The maximum Gasteiger partial charge on any atom is 0.504 e. The molecule has 0 amide bonds. The Hall–Kier alpha value is -4.27. The first kappa shape index (κ1) is 29.7. The van der Waals surface area contributed by atoms with Gasteiger partial charge in [-0.2, -0.15) is 13.2 Å². The molecule has 0 aromatic heterocycles. The number of esters is 3. The van der Waals surface area contributed by atoms with Gasteiger partial charge in [-0.1, -0.05) is 54.6 Å². The van der Waals surface area contributed by atoms with Gasteiger partial charge in [0.2, 0.25) is 0 Å². The molecule has 1 saturated heterocycles. The summed E-state index contributed by atoms with van der Waals surface area (Å²) in [5.41, 5.74) is -6.59. The first-order valence-electron chi connectivity index (χ1n) is 11.8. The van der Waals surface area contributed by atoms with Crippen LogP contribution in [0.15, 0.2) is 91.0 Å². The topological polar surface area (TPSA) is 142 Å².